The Morgan fingerprint density at radius 3 is 2.28 bits per heavy atom. The fraction of sp³-hybridized carbons (Fsp3) is 0.261. The van der Waals surface area contributed by atoms with Crippen molar-refractivity contribution < 1.29 is 19.1 Å². The standard InChI is InChI=1S/C23H24N2O4/c1-17(2)23(27)29-15-5-3-4-14-28-21-12-8-19(9-13-21)22(26)25-20-10-6-18(16-24)7-11-20/h6-13H,1,3-5,14-15H2,2H3,(H,25,26). The summed E-state index contributed by atoms with van der Waals surface area (Å²) in [7, 11) is 0. The lowest BCUT2D eigenvalue weighted by atomic mass is 10.2. The van der Waals surface area contributed by atoms with Gasteiger partial charge in [-0.3, -0.25) is 4.79 Å². The van der Waals surface area contributed by atoms with Gasteiger partial charge in [0.15, 0.2) is 0 Å². The molecule has 0 aliphatic rings. The van der Waals surface area contributed by atoms with Gasteiger partial charge < -0.3 is 14.8 Å². The van der Waals surface area contributed by atoms with Crippen LogP contribution in [0.4, 0.5) is 5.69 Å². The number of unbranched alkanes of at least 4 members (excludes halogenated alkanes) is 2. The maximum absolute atomic E-state index is 12.3. The number of anilines is 1. The number of nitriles is 1. The van der Waals surface area contributed by atoms with Gasteiger partial charge in [0.05, 0.1) is 24.8 Å². The minimum atomic E-state index is -0.357. The zero-order valence-corrected chi connectivity index (χ0v) is 16.4. The third-order valence-corrected chi connectivity index (χ3v) is 4.03. The van der Waals surface area contributed by atoms with Crippen LogP contribution in [0.15, 0.2) is 60.7 Å². The predicted molar refractivity (Wildman–Crippen MR) is 111 cm³/mol. The first-order valence-corrected chi connectivity index (χ1v) is 9.36. The van der Waals surface area contributed by atoms with Gasteiger partial charge in [0.1, 0.15) is 5.75 Å². The van der Waals surface area contributed by atoms with Gasteiger partial charge >= 0.3 is 5.97 Å². The topological polar surface area (TPSA) is 88.4 Å². The maximum Gasteiger partial charge on any atom is 0.333 e. The van der Waals surface area contributed by atoms with E-state index < -0.39 is 0 Å². The van der Waals surface area contributed by atoms with E-state index in [0.717, 1.165) is 19.3 Å². The van der Waals surface area contributed by atoms with Crippen LogP contribution in [0, 0.1) is 11.3 Å². The zero-order chi connectivity index (χ0) is 21.1. The smallest absolute Gasteiger partial charge is 0.333 e. The van der Waals surface area contributed by atoms with Crippen molar-refractivity contribution in [3.63, 3.8) is 0 Å². The molecule has 0 saturated heterocycles. The Hall–Kier alpha value is -3.59. The summed E-state index contributed by atoms with van der Waals surface area (Å²) in [6.45, 7) is 6.08. The summed E-state index contributed by atoms with van der Waals surface area (Å²) in [6, 6.07) is 15.6. The van der Waals surface area contributed by atoms with Crippen molar-refractivity contribution in [2.24, 2.45) is 0 Å². The van der Waals surface area contributed by atoms with Crippen molar-refractivity contribution >= 4 is 17.6 Å². The summed E-state index contributed by atoms with van der Waals surface area (Å²) in [5.41, 5.74) is 2.09. The highest BCUT2D eigenvalue weighted by molar-refractivity contribution is 6.04. The normalized spacial score (nSPS) is 9.93. The number of esters is 1. The lowest BCUT2D eigenvalue weighted by Gasteiger charge is -2.08. The molecule has 29 heavy (non-hydrogen) atoms. The molecule has 0 atom stereocenters. The fourth-order valence-corrected chi connectivity index (χ4v) is 2.39. The maximum atomic E-state index is 12.3. The number of nitrogens with one attached hydrogen (secondary N) is 1. The molecular formula is C23H24N2O4. The van der Waals surface area contributed by atoms with Crippen LogP contribution in [0.3, 0.4) is 0 Å². The quantitative estimate of drug-likeness (QED) is 0.366. The van der Waals surface area contributed by atoms with Crippen molar-refractivity contribution in [3.8, 4) is 11.8 Å². The molecule has 0 fully saturated rings. The number of carbonyl (C=O) groups is 2. The molecule has 0 aliphatic carbocycles. The summed E-state index contributed by atoms with van der Waals surface area (Å²) in [6.07, 6.45) is 2.50. The summed E-state index contributed by atoms with van der Waals surface area (Å²) < 4.78 is 10.7. The van der Waals surface area contributed by atoms with Crippen LogP contribution in [0.2, 0.25) is 0 Å². The number of hydrogen-bond acceptors (Lipinski definition) is 5. The Morgan fingerprint density at radius 1 is 1.00 bits per heavy atom. The number of carbonyl (C=O) groups excluding carboxylic acids is 2. The molecule has 0 radical (unpaired) electrons. The highest BCUT2D eigenvalue weighted by Gasteiger charge is 2.07. The number of ether oxygens (including phenoxy) is 2. The molecule has 0 unspecified atom stereocenters. The van der Waals surface area contributed by atoms with Crippen molar-refractivity contribution in [1.29, 1.82) is 5.26 Å². The second-order valence-corrected chi connectivity index (χ2v) is 6.49. The first-order chi connectivity index (χ1) is 14.0. The molecular weight excluding hydrogens is 368 g/mol. The molecule has 0 bridgehead atoms. The van der Waals surface area contributed by atoms with Gasteiger partial charge in [-0.1, -0.05) is 6.58 Å². The molecule has 0 aromatic heterocycles. The van der Waals surface area contributed by atoms with E-state index in [1.807, 2.05) is 6.07 Å². The molecule has 2 rings (SSSR count). The van der Waals surface area contributed by atoms with Crippen LogP contribution < -0.4 is 10.1 Å². The van der Waals surface area contributed by atoms with Crippen molar-refractivity contribution in [2.75, 3.05) is 18.5 Å². The second kappa shape index (κ2) is 11.3. The lowest BCUT2D eigenvalue weighted by Crippen LogP contribution is -2.11. The number of amides is 1. The van der Waals surface area contributed by atoms with Gasteiger partial charge in [0, 0.05) is 16.8 Å². The molecule has 1 amide bonds. The molecule has 6 nitrogen and oxygen atoms in total. The fourth-order valence-electron chi connectivity index (χ4n) is 2.39. The number of benzene rings is 2. The third-order valence-electron chi connectivity index (χ3n) is 4.03. The zero-order valence-electron chi connectivity index (χ0n) is 16.4. The van der Waals surface area contributed by atoms with E-state index in [0.29, 0.717) is 41.4 Å². The monoisotopic (exact) mass is 392 g/mol. The minimum Gasteiger partial charge on any atom is -0.494 e. The van der Waals surface area contributed by atoms with Crippen molar-refractivity contribution in [2.45, 2.75) is 26.2 Å². The summed E-state index contributed by atoms with van der Waals surface area (Å²) in [4.78, 5) is 23.5. The molecule has 150 valence electrons. The number of hydrogen-bond donors (Lipinski definition) is 1. The van der Waals surface area contributed by atoms with Crippen molar-refractivity contribution in [3.05, 3.63) is 71.8 Å². The summed E-state index contributed by atoms with van der Waals surface area (Å²) >= 11 is 0. The minimum absolute atomic E-state index is 0.231. The van der Waals surface area contributed by atoms with Crippen LogP contribution in [0.25, 0.3) is 0 Å². The molecule has 2 aromatic rings. The van der Waals surface area contributed by atoms with Gasteiger partial charge in [-0.05, 0) is 74.7 Å². The van der Waals surface area contributed by atoms with Gasteiger partial charge in [-0.25, -0.2) is 4.79 Å². The molecule has 1 N–H and O–H groups in total. The molecule has 0 aliphatic heterocycles. The molecule has 0 heterocycles. The Morgan fingerprint density at radius 2 is 1.66 bits per heavy atom. The number of nitrogens with zero attached hydrogens (tertiary/aromatic N) is 1. The van der Waals surface area contributed by atoms with E-state index >= 15 is 0 Å². The van der Waals surface area contributed by atoms with Gasteiger partial charge in [0.2, 0.25) is 0 Å². The van der Waals surface area contributed by atoms with Gasteiger partial charge in [0.25, 0.3) is 5.91 Å². The van der Waals surface area contributed by atoms with E-state index in [1.54, 1.807) is 55.5 Å². The van der Waals surface area contributed by atoms with E-state index in [9.17, 15) is 9.59 Å². The highest BCUT2D eigenvalue weighted by atomic mass is 16.5. The first kappa shape index (κ1) is 21.7. The predicted octanol–water partition coefficient (Wildman–Crippen LogP) is 4.48. The lowest BCUT2D eigenvalue weighted by molar-refractivity contribution is -0.139. The first-order valence-electron chi connectivity index (χ1n) is 9.36. The van der Waals surface area contributed by atoms with Crippen LogP contribution >= 0.6 is 0 Å². The third kappa shape index (κ3) is 7.51. The van der Waals surface area contributed by atoms with Crippen molar-refractivity contribution in [1.82, 2.24) is 0 Å². The molecule has 6 heteroatoms. The van der Waals surface area contributed by atoms with E-state index in [-0.39, 0.29) is 11.9 Å². The van der Waals surface area contributed by atoms with Crippen LogP contribution in [-0.2, 0) is 9.53 Å². The number of rotatable bonds is 10. The van der Waals surface area contributed by atoms with E-state index in [4.69, 9.17) is 14.7 Å². The van der Waals surface area contributed by atoms with Gasteiger partial charge in [-0.2, -0.15) is 5.26 Å². The van der Waals surface area contributed by atoms with E-state index in [2.05, 4.69) is 11.9 Å². The highest BCUT2D eigenvalue weighted by Crippen LogP contribution is 2.15. The SMILES string of the molecule is C=C(C)C(=O)OCCCCCOc1ccc(C(=O)Nc2ccc(C#N)cc2)cc1. The Bertz CT molecular complexity index is 881. The second-order valence-electron chi connectivity index (χ2n) is 6.49. The average Bonchev–Trinajstić information content (AvgIpc) is 2.73. The van der Waals surface area contributed by atoms with Gasteiger partial charge in [-0.15, -0.1) is 0 Å². The Labute approximate surface area is 170 Å². The van der Waals surface area contributed by atoms with Crippen LogP contribution in [0.1, 0.15) is 42.1 Å². The molecule has 2 aromatic carbocycles. The molecule has 0 saturated carbocycles. The Balaban J connectivity index is 1.68. The largest absolute Gasteiger partial charge is 0.494 e. The van der Waals surface area contributed by atoms with E-state index in [1.165, 1.54) is 0 Å². The Kier molecular flexibility index (Phi) is 8.46. The van der Waals surface area contributed by atoms with Crippen LogP contribution in [-0.4, -0.2) is 25.1 Å². The van der Waals surface area contributed by atoms with Crippen LogP contribution in [0.5, 0.6) is 5.75 Å². The summed E-state index contributed by atoms with van der Waals surface area (Å²) in [5, 5.41) is 11.6. The molecule has 0 spiro atoms. The summed E-state index contributed by atoms with van der Waals surface area (Å²) in [5.74, 6) is 0.101. The average molecular weight is 392 g/mol.